The van der Waals surface area contributed by atoms with Crippen molar-refractivity contribution in [1.29, 1.82) is 0 Å². The summed E-state index contributed by atoms with van der Waals surface area (Å²) in [5, 5.41) is -0.0580. The van der Waals surface area contributed by atoms with Crippen LogP contribution in [0.15, 0.2) is 50.5 Å². The summed E-state index contributed by atoms with van der Waals surface area (Å²) in [5.74, 6) is 0. The summed E-state index contributed by atoms with van der Waals surface area (Å²) < 4.78 is 28.3. The van der Waals surface area contributed by atoms with Crippen molar-refractivity contribution in [2.45, 2.75) is 11.6 Å². The van der Waals surface area contributed by atoms with Gasteiger partial charge in [0.25, 0.3) is 10.0 Å². The van der Waals surface area contributed by atoms with Crippen molar-refractivity contribution in [3.63, 3.8) is 0 Å². The molecule has 0 amide bonds. The highest BCUT2D eigenvalue weighted by molar-refractivity contribution is 9.11. The third kappa shape index (κ3) is 3.38. The van der Waals surface area contributed by atoms with Crippen LogP contribution < -0.4 is 10.5 Å². The van der Waals surface area contributed by atoms with Crippen molar-refractivity contribution in [1.82, 2.24) is 4.98 Å². The fraction of sp³-hybridized carbons (Fsp3) is 0.0833. The minimum absolute atomic E-state index is 0.0580. The van der Waals surface area contributed by atoms with Gasteiger partial charge in [-0.3, -0.25) is 4.72 Å². The van der Waals surface area contributed by atoms with E-state index in [1.807, 2.05) is 0 Å². The lowest BCUT2D eigenvalue weighted by molar-refractivity contribution is 0.597. The molecule has 0 radical (unpaired) electrons. The molecule has 2 rings (SSSR count). The Labute approximate surface area is 133 Å². The minimum atomic E-state index is -3.75. The Morgan fingerprint density at radius 2 is 1.80 bits per heavy atom. The zero-order chi connectivity index (χ0) is 14.8. The zero-order valence-electron chi connectivity index (χ0n) is 10.2. The van der Waals surface area contributed by atoms with Gasteiger partial charge in [-0.2, -0.15) is 8.42 Å². The Morgan fingerprint density at radius 1 is 1.15 bits per heavy atom. The summed E-state index contributed by atoms with van der Waals surface area (Å²) in [4.78, 5) is 3.92. The number of hydrogen-bond acceptors (Lipinski definition) is 4. The second-order valence-electron chi connectivity index (χ2n) is 3.91. The van der Waals surface area contributed by atoms with E-state index in [9.17, 15) is 8.42 Å². The molecule has 0 aliphatic carbocycles. The van der Waals surface area contributed by atoms with Crippen LogP contribution in [0.1, 0.15) is 5.56 Å². The molecule has 1 aromatic carbocycles. The molecule has 0 aliphatic heterocycles. The van der Waals surface area contributed by atoms with Crippen LogP contribution in [0.2, 0.25) is 0 Å². The number of aromatic nitrogens is 1. The first-order valence-electron chi connectivity index (χ1n) is 5.56. The minimum Gasteiger partial charge on any atom is -0.326 e. The SMILES string of the molecule is NCc1ccc(S(=O)(=O)Nc2c(Br)cccc2Br)nc1. The first-order chi connectivity index (χ1) is 9.44. The third-order valence-electron chi connectivity index (χ3n) is 2.51. The van der Waals surface area contributed by atoms with Crippen molar-refractivity contribution >= 4 is 47.6 Å². The van der Waals surface area contributed by atoms with E-state index >= 15 is 0 Å². The summed E-state index contributed by atoms with van der Waals surface area (Å²) >= 11 is 6.60. The maximum atomic E-state index is 12.3. The Kier molecular flexibility index (Phi) is 4.79. The number of rotatable bonds is 4. The monoisotopic (exact) mass is 419 g/mol. The normalized spacial score (nSPS) is 11.3. The van der Waals surface area contributed by atoms with Gasteiger partial charge in [-0.15, -0.1) is 0 Å². The first kappa shape index (κ1) is 15.4. The maximum Gasteiger partial charge on any atom is 0.279 e. The van der Waals surface area contributed by atoms with Gasteiger partial charge in [0.1, 0.15) is 0 Å². The molecule has 106 valence electrons. The second-order valence-corrected chi connectivity index (χ2v) is 7.25. The van der Waals surface area contributed by atoms with Gasteiger partial charge in [0.05, 0.1) is 5.69 Å². The molecule has 20 heavy (non-hydrogen) atoms. The number of nitrogens with two attached hydrogens (primary N) is 1. The molecule has 3 N–H and O–H groups in total. The lowest BCUT2D eigenvalue weighted by Crippen LogP contribution is -2.15. The molecule has 0 unspecified atom stereocenters. The number of hydrogen-bond donors (Lipinski definition) is 2. The van der Waals surface area contributed by atoms with Crippen molar-refractivity contribution in [2.75, 3.05) is 4.72 Å². The lowest BCUT2D eigenvalue weighted by Gasteiger charge is -2.11. The average Bonchev–Trinajstić information content (AvgIpc) is 2.43. The van der Waals surface area contributed by atoms with Crippen LogP contribution in [0.25, 0.3) is 0 Å². The van der Waals surface area contributed by atoms with Crippen LogP contribution in [0.4, 0.5) is 5.69 Å². The molecule has 1 heterocycles. The van der Waals surface area contributed by atoms with Gasteiger partial charge in [0.15, 0.2) is 5.03 Å². The summed E-state index contributed by atoms with van der Waals surface area (Å²) in [6.07, 6.45) is 1.45. The van der Waals surface area contributed by atoms with Gasteiger partial charge in [0, 0.05) is 21.7 Å². The number of para-hydroxylation sites is 1. The van der Waals surface area contributed by atoms with Gasteiger partial charge in [-0.05, 0) is 55.6 Å². The van der Waals surface area contributed by atoms with E-state index in [1.165, 1.54) is 12.3 Å². The van der Waals surface area contributed by atoms with Crippen molar-refractivity contribution in [3.8, 4) is 0 Å². The first-order valence-corrected chi connectivity index (χ1v) is 8.63. The molecular weight excluding hydrogens is 410 g/mol. The quantitative estimate of drug-likeness (QED) is 0.796. The largest absolute Gasteiger partial charge is 0.326 e. The van der Waals surface area contributed by atoms with E-state index in [1.54, 1.807) is 24.3 Å². The number of anilines is 1. The van der Waals surface area contributed by atoms with Crippen LogP contribution >= 0.6 is 31.9 Å². The topological polar surface area (TPSA) is 85.1 Å². The molecule has 0 atom stereocenters. The average molecular weight is 421 g/mol. The smallest absolute Gasteiger partial charge is 0.279 e. The molecule has 0 bridgehead atoms. The maximum absolute atomic E-state index is 12.3. The fourth-order valence-electron chi connectivity index (χ4n) is 1.47. The summed E-state index contributed by atoms with van der Waals surface area (Å²) in [5.41, 5.74) is 6.65. The van der Waals surface area contributed by atoms with E-state index in [0.29, 0.717) is 21.2 Å². The highest BCUT2D eigenvalue weighted by atomic mass is 79.9. The lowest BCUT2D eigenvalue weighted by atomic mass is 10.3. The van der Waals surface area contributed by atoms with Gasteiger partial charge >= 0.3 is 0 Å². The van der Waals surface area contributed by atoms with Crippen LogP contribution in [0, 0.1) is 0 Å². The third-order valence-corrected chi connectivity index (χ3v) is 5.09. The number of pyridine rings is 1. The molecule has 1 aromatic heterocycles. The number of benzene rings is 1. The number of nitrogens with one attached hydrogen (secondary N) is 1. The van der Waals surface area contributed by atoms with E-state index < -0.39 is 10.0 Å². The summed E-state index contributed by atoms with van der Waals surface area (Å²) in [7, 11) is -3.75. The molecule has 0 saturated heterocycles. The summed E-state index contributed by atoms with van der Waals surface area (Å²) in [6.45, 7) is 0.316. The van der Waals surface area contributed by atoms with E-state index in [-0.39, 0.29) is 5.03 Å². The van der Waals surface area contributed by atoms with Gasteiger partial charge in [-0.25, -0.2) is 4.98 Å². The fourth-order valence-corrected chi connectivity index (χ4v) is 3.96. The van der Waals surface area contributed by atoms with Crippen molar-refractivity contribution in [2.24, 2.45) is 5.73 Å². The van der Waals surface area contributed by atoms with Gasteiger partial charge < -0.3 is 5.73 Å². The van der Waals surface area contributed by atoms with E-state index in [2.05, 4.69) is 41.6 Å². The molecule has 0 aliphatic rings. The Balaban J connectivity index is 2.35. The molecule has 0 fully saturated rings. The number of sulfonamides is 1. The Hall–Kier alpha value is -0.960. The van der Waals surface area contributed by atoms with Crippen molar-refractivity contribution in [3.05, 3.63) is 51.0 Å². The van der Waals surface area contributed by atoms with Gasteiger partial charge in [0.2, 0.25) is 0 Å². The van der Waals surface area contributed by atoms with E-state index in [0.717, 1.165) is 5.56 Å². The van der Waals surface area contributed by atoms with Crippen LogP contribution in [0.3, 0.4) is 0 Å². The summed E-state index contributed by atoms with van der Waals surface area (Å²) in [6, 6.07) is 8.34. The van der Waals surface area contributed by atoms with Crippen LogP contribution in [-0.4, -0.2) is 13.4 Å². The van der Waals surface area contributed by atoms with Crippen molar-refractivity contribution < 1.29 is 8.42 Å². The number of nitrogens with zero attached hydrogens (tertiary/aromatic N) is 1. The molecule has 2 aromatic rings. The molecule has 0 saturated carbocycles. The molecule has 5 nitrogen and oxygen atoms in total. The Morgan fingerprint density at radius 3 is 2.30 bits per heavy atom. The number of halogens is 2. The predicted molar refractivity (Wildman–Crippen MR) is 84.8 cm³/mol. The van der Waals surface area contributed by atoms with E-state index in [4.69, 9.17) is 5.73 Å². The highest BCUT2D eigenvalue weighted by Crippen LogP contribution is 2.32. The van der Waals surface area contributed by atoms with Crippen LogP contribution in [-0.2, 0) is 16.6 Å². The highest BCUT2D eigenvalue weighted by Gasteiger charge is 2.18. The van der Waals surface area contributed by atoms with Crippen LogP contribution in [0.5, 0.6) is 0 Å². The predicted octanol–water partition coefficient (Wildman–Crippen LogP) is 2.87. The second kappa shape index (κ2) is 6.21. The molecule has 8 heteroatoms. The Bertz CT molecular complexity index is 698. The standard InChI is InChI=1S/C12H11Br2N3O2S/c13-9-2-1-3-10(14)12(9)17-20(18,19)11-5-4-8(6-15)7-16-11/h1-5,7,17H,6,15H2. The molecule has 0 spiro atoms. The zero-order valence-corrected chi connectivity index (χ0v) is 14.2. The van der Waals surface area contributed by atoms with Gasteiger partial charge in [-0.1, -0.05) is 12.1 Å². The molecular formula is C12H11Br2N3O2S.